The molecule has 1 saturated heterocycles. The number of carbonyl (C=O) groups excluding carboxylic acids is 2. The van der Waals surface area contributed by atoms with Gasteiger partial charge in [0.05, 0.1) is 16.8 Å². The van der Waals surface area contributed by atoms with E-state index < -0.39 is 17.8 Å². The number of aromatic nitrogens is 1. The maximum absolute atomic E-state index is 13.0. The van der Waals surface area contributed by atoms with Gasteiger partial charge in [-0.2, -0.15) is 0 Å². The molecule has 3 N–H and O–H groups in total. The molecule has 0 bridgehead atoms. The molecular formula is C28H30ClN3O7. The SMILES string of the molecule is CC1CC2OC2/C=C/C=C/C(=N\OCCCCNC(=O)c2ccncc2)Cc2c(Cl)c(O)cc(O)c2C(=O)O1. The lowest BCUT2D eigenvalue weighted by molar-refractivity contribution is 0.0305. The van der Waals surface area contributed by atoms with Crippen LogP contribution in [0.25, 0.3) is 0 Å². The fourth-order valence-corrected chi connectivity index (χ4v) is 4.30. The number of phenols is 2. The van der Waals surface area contributed by atoms with E-state index in [1.165, 1.54) is 0 Å². The molecule has 2 aromatic rings. The van der Waals surface area contributed by atoms with E-state index in [0.29, 0.717) is 37.1 Å². The Morgan fingerprint density at radius 1 is 1.23 bits per heavy atom. The van der Waals surface area contributed by atoms with E-state index in [2.05, 4.69) is 15.5 Å². The van der Waals surface area contributed by atoms with Gasteiger partial charge in [0.25, 0.3) is 5.91 Å². The van der Waals surface area contributed by atoms with Crippen molar-refractivity contribution in [3.8, 4) is 11.5 Å². The molecule has 0 radical (unpaired) electrons. The monoisotopic (exact) mass is 555 g/mol. The Morgan fingerprint density at radius 2 is 2.03 bits per heavy atom. The van der Waals surface area contributed by atoms with Crippen LogP contribution in [0.2, 0.25) is 5.02 Å². The summed E-state index contributed by atoms with van der Waals surface area (Å²) in [6, 6.07) is 4.29. The van der Waals surface area contributed by atoms with Gasteiger partial charge in [0.15, 0.2) is 0 Å². The minimum Gasteiger partial charge on any atom is -0.507 e. The van der Waals surface area contributed by atoms with Crippen molar-refractivity contribution in [2.24, 2.45) is 5.16 Å². The van der Waals surface area contributed by atoms with Gasteiger partial charge in [-0.25, -0.2) is 4.79 Å². The minimum atomic E-state index is -0.764. The molecule has 0 saturated carbocycles. The largest absolute Gasteiger partial charge is 0.507 e. The smallest absolute Gasteiger partial charge is 0.342 e. The summed E-state index contributed by atoms with van der Waals surface area (Å²) in [5.41, 5.74) is 0.959. The Bertz CT molecular complexity index is 1280. The fourth-order valence-electron chi connectivity index (χ4n) is 4.08. The number of fused-ring (bicyclic) bond motifs is 2. The first-order valence-corrected chi connectivity index (χ1v) is 13.0. The number of hydrogen-bond donors (Lipinski definition) is 3. The maximum atomic E-state index is 13.0. The quantitative estimate of drug-likeness (QED) is 0.200. The number of benzene rings is 1. The number of nitrogens with one attached hydrogen (secondary N) is 1. The van der Waals surface area contributed by atoms with Gasteiger partial charge in [-0.15, -0.1) is 0 Å². The first-order chi connectivity index (χ1) is 18.8. The van der Waals surface area contributed by atoms with Crippen LogP contribution in [0.4, 0.5) is 0 Å². The lowest BCUT2D eigenvalue weighted by Gasteiger charge is -2.17. The molecule has 1 aromatic heterocycles. The van der Waals surface area contributed by atoms with Crippen LogP contribution >= 0.6 is 11.6 Å². The van der Waals surface area contributed by atoms with Crippen molar-refractivity contribution in [3.63, 3.8) is 0 Å². The van der Waals surface area contributed by atoms with Gasteiger partial charge >= 0.3 is 5.97 Å². The molecule has 2 aliphatic heterocycles. The molecule has 0 aliphatic carbocycles. The van der Waals surface area contributed by atoms with Crippen molar-refractivity contribution < 1.29 is 34.1 Å². The average molecular weight is 556 g/mol. The summed E-state index contributed by atoms with van der Waals surface area (Å²) in [5.74, 6) is -1.76. The van der Waals surface area contributed by atoms with Crippen LogP contribution in [-0.2, 0) is 20.7 Å². The molecule has 0 spiro atoms. The molecule has 1 amide bonds. The molecule has 206 valence electrons. The summed E-state index contributed by atoms with van der Waals surface area (Å²) in [4.78, 5) is 34.5. The van der Waals surface area contributed by atoms with Crippen molar-refractivity contribution in [2.75, 3.05) is 13.2 Å². The number of carbonyl (C=O) groups is 2. The van der Waals surface area contributed by atoms with Crippen LogP contribution in [0.5, 0.6) is 11.5 Å². The Balaban J connectivity index is 1.43. The van der Waals surface area contributed by atoms with Crippen LogP contribution in [0.1, 0.15) is 52.5 Å². The summed E-state index contributed by atoms with van der Waals surface area (Å²) < 4.78 is 11.2. The number of ether oxygens (including phenoxy) is 2. The number of unbranched alkanes of at least 4 members (excludes halogenated alkanes) is 1. The van der Waals surface area contributed by atoms with Crippen LogP contribution in [0.3, 0.4) is 0 Å². The summed E-state index contributed by atoms with van der Waals surface area (Å²) in [6.45, 7) is 2.50. The first kappa shape index (κ1) is 28.1. The molecular weight excluding hydrogens is 526 g/mol. The van der Waals surface area contributed by atoms with Crippen LogP contribution in [0, 0.1) is 0 Å². The number of pyridine rings is 1. The number of hydrogen-bond acceptors (Lipinski definition) is 9. The number of aromatic hydroxyl groups is 2. The molecule has 3 atom stereocenters. The van der Waals surface area contributed by atoms with E-state index in [-0.39, 0.29) is 53.0 Å². The predicted octanol–water partition coefficient (Wildman–Crippen LogP) is 4.10. The lowest BCUT2D eigenvalue weighted by atomic mass is 9.99. The van der Waals surface area contributed by atoms with Gasteiger partial charge in [0, 0.05) is 43.4 Å². The summed E-state index contributed by atoms with van der Waals surface area (Å²) in [6.07, 6.45) is 11.5. The zero-order valence-electron chi connectivity index (χ0n) is 21.4. The van der Waals surface area contributed by atoms with Crippen molar-refractivity contribution >= 4 is 29.2 Å². The Kier molecular flexibility index (Phi) is 9.56. The van der Waals surface area contributed by atoms with Crippen molar-refractivity contribution in [1.82, 2.24) is 10.3 Å². The molecule has 3 unspecified atom stereocenters. The fraction of sp³-hybridized carbons (Fsp3) is 0.357. The molecule has 39 heavy (non-hydrogen) atoms. The highest BCUT2D eigenvalue weighted by Crippen LogP contribution is 2.38. The number of nitrogens with zero attached hydrogens (tertiary/aromatic N) is 2. The van der Waals surface area contributed by atoms with E-state index in [1.807, 2.05) is 12.2 Å². The normalized spacial score (nSPS) is 23.5. The number of amides is 1. The van der Waals surface area contributed by atoms with Crippen molar-refractivity contribution in [3.05, 3.63) is 76.6 Å². The Labute approximate surface area is 230 Å². The average Bonchev–Trinajstić information content (AvgIpc) is 3.65. The third-order valence-corrected chi connectivity index (χ3v) is 6.57. The highest BCUT2D eigenvalue weighted by molar-refractivity contribution is 6.33. The molecule has 4 rings (SSSR count). The zero-order valence-corrected chi connectivity index (χ0v) is 22.1. The summed E-state index contributed by atoms with van der Waals surface area (Å²) in [7, 11) is 0. The second-order valence-electron chi connectivity index (χ2n) is 9.21. The Morgan fingerprint density at radius 3 is 2.82 bits per heavy atom. The third-order valence-electron chi connectivity index (χ3n) is 6.15. The van der Waals surface area contributed by atoms with E-state index in [0.717, 1.165) is 6.07 Å². The highest BCUT2D eigenvalue weighted by atomic mass is 35.5. The van der Waals surface area contributed by atoms with Crippen molar-refractivity contribution in [2.45, 2.75) is 50.9 Å². The minimum absolute atomic E-state index is 0.0194. The summed E-state index contributed by atoms with van der Waals surface area (Å²) >= 11 is 6.36. The first-order valence-electron chi connectivity index (χ1n) is 12.6. The second kappa shape index (κ2) is 13.3. The van der Waals surface area contributed by atoms with Crippen LogP contribution in [-0.4, -0.2) is 64.2 Å². The van der Waals surface area contributed by atoms with E-state index in [9.17, 15) is 19.8 Å². The van der Waals surface area contributed by atoms with Gasteiger partial charge < -0.3 is 29.8 Å². The summed E-state index contributed by atoms with van der Waals surface area (Å²) in [5, 5.41) is 27.7. The van der Waals surface area contributed by atoms with Crippen LogP contribution in [0.15, 0.2) is 60.1 Å². The molecule has 2 aliphatic rings. The number of rotatable bonds is 7. The number of halogens is 1. The second-order valence-corrected chi connectivity index (χ2v) is 9.59. The van der Waals surface area contributed by atoms with Gasteiger partial charge in [-0.1, -0.05) is 35.0 Å². The molecule has 11 heteroatoms. The van der Waals surface area contributed by atoms with Crippen LogP contribution < -0.4 is 5.32 Å². The van der Waals surface area contributed by atoms with E-state index >= 15 is 0 Å². The number of cyclic esters (lactones) is 1. The molecule has 10 nitrogen and oxygen atoms in total. The standard InChI is InChI=1S/C28H30ClN3O7/c1-17-14-24-23(39-24)7-3-2-6-19(15-20-25(28(36)38-17)21(33)16-22(34)26(20)29)32-37-13-5-4-10-31-27(35)18-8-11-30-12-9-18/h2-3,6-9,11-12,16-17,23-24,33-34H,4-5,10,13-15H2,1H3,(H,31,35)/b6-2+,7-3+,32-19+. The maximum Gasteiger partial charge on any atom is 0.342 e. The van der Waals surface area contributed by atoms with E-state index in [1.54, 1.807) is 43.6 Å². The number of oxime groups is 1. The zero-order chi connectivity index (χ0) is 27.8. The molecule has 1 aromatic carbocycles. The topological polar surface area (TPSA) is 143 Å². The Hall–Kier alpha value is -3.89. The number of epoxide rings is 1. The molecule has 1 fully saturated rings. The van der Waals surface area contributed by atoms with Gasteiger partial charge in [0.1, 0.15) is 35.9 Å². The van der Waals surface area contributed by atoms with Gasteiger partial charge in [-0.3, -0.25) is 9.78 Å². The number of phenolic OH excluding ortho intramolecular Hbond substituents is 2. The van der Waals surface area contributed by atoms with Gasteiger partial charge in [-0.05, 0) is 43.5 Å². The lowest BCUT2D eigenvalue weighted by Crippen LogP contribution is -2.24. The number of allylic oxidation sites excluding steroid dienone is 3. The molecule has 3 heterocycles. The van der Waals surface area contributed by atoms with Gasteiger partial charge in [0.2, 0.25) is 0 Å². The van der Waals surface area contributed by atoms with E-state index in [4.69, 9.17) is 25.9 Å². The number of esters is 1. The predicted molar refractivity (Wildman–Crippen MR) is 144 cm³/mol. The third kappa shape index (κ3) is 7.81. The van der Waals surface area contributed by atoms with Crippen molar-refractivity contribution in [1.29, 1.82) is 0 Å². The highest BCUT2D eigenvalue weighted by Gasteiger charge is 2.38.